The van der Waals surface area contributed by atoms with Crippen molar-refractivity contribution in [2.45, 2.75) is 6.92 Å². The van der Waals surface area contributed by atoms with E-state index in [1.165, 1.54) is 0 Å². The molecule has 0 aliphatic carbocycles. The first-order valence-electron chi connectivity index (χ1n) is 5.46. The summed E-state index contributed by atoms with van der Waals surface area (Å²) in [5.74, 6) is 0.549. The Morgan fingerprint density at radius 2 is 2.00 bits per heavy atom. The molecule has 0 amide bonds. The third-order valence-electron chi connectivity index (χ3n) is 2.71. The highest BCUT2D eigenvalue weighted by Crippen LogP contribution is 2.32. The van der Waals surface area contributed by atoms with E-state index in [1.54, 1.807) is 0 Å². The minimum absolute atomic E-state index is 0.549. The van der Waals surface area contributed by atoms with Crippen LogP contribution < -0.4 is 0 Å². The van der Waals surface area contributed by atoms with Crippen molar-refractivity contribution in [3.05, 3.63) is 51.5 Å². The number of aromatic nitrogens is 1. The molecule has 0 radical (unpaired) electrons. The maximum atomic E-state index is 6.19. The number of fused-ring (bicyclic) bond motifs is 1. The fourth-order valence-electron chi connectivity index (χ4n) is 1.81. The molecule has 0 fully saturated rings. The Balaban J connectivity index is 2.19. The van der Waals surface area contributed by atoms with Crippen molar-refractivity contribution < 1.29 is 4.42 Å². The van der Waals surface area contributed by atoms with Crippen LogP contribution in [0.5, 0.6) is 0 Å². The summed E-state index contributed by atoms with van der Waals surface area (Å²) in [5, 5.41) is 0.618. The first kappa shape index (κ1) is 11.8. The highest BCUT2D eigenvalue weighted by molar-refractivity contribution is 9.10. The second-order valence-electron chi connectivity index (χ2n) is 4.11. The van der Waals surface area contributed by atoms with E-state index in [-0.39, 0.29) is 0 Å². The van der Waals surface area contributed by atoms with Crippen molar-refractivity contribution in [2.24, 2.45) is 0 Å². The molecule has 1 heterocycles. The van der Waals surface area contributed by atoms with Crippen LogP contribution in [0.1, 0.15) is 5.56 Å². The Kier molecular flexibility index (Phi) is 2.88. The number of hydrogen-bond acceptors (Lipinski definition) is 2. The predicted octanol–water partition coefficient (Wildman–Crippen LogP) is 5.22. The van der Waals surface area contributed by atoms with Crippen LogP contribution in [0.15, 0.2) is 45.3 Å². The van der Waals surface area contributed by atoms with Crippen LogP contribution in [-0.4, -0.2) is 4.98 Å². The van der Waals surface area contributed by atoms with E-state index in [2.05, 4.69) is 20.9 Å². The van der Waals surface area contributed by atoms with Crippen molar-refractivity contribution in [1.29, 1.82) is 0 Å². The van der Waals surface area contributed by atoms with Crippen LogP contribution in [0.25, 0.3) is 22.6 Å². The van der Waals surface area contributed by atoms with Gasteiger partial charge in [0.05, 0.1) is 10.6 Å². The van der Waals surface area contributed by atoms with Crippen molar-refractivity contribution in [3.8, 4) is 11.5 Å². The van der Waals surface area contributed by atoms with Crippen molar-refractivity contribution in [2.75, 3.05) is 0 Å². The average molecular weight is 323 g/mol. The summed E-state index contributed by atoms with van der Waals surface area (Å²) >= 11 is 9.57. The number of oxazole rings is 1. The van der Waals surface area contributed by atoms with E-state index in [9.17, 15) is 0 Å². The van der Waals surface area contributed by atoms with Crippen LogP contribution in [-0.2, 0) is 0 Å². The smallest absolute Gasteiger partial charge is 0.228 e. The third-order valence-corrected chi connectivity index (χ3v) is 3.51. The molecular weight excluding hydrogens is 314 g/mol. The van der Waals surface area contributed by atoms with E-state index < -0.39 is 0 Å². The first-order valence-corrected chi connectivity index (χ1v) is 6.63. The quantitative estimate of drug-likeness (QED) is 0.614. The number of aryl methyl sites for hydroxylation is 1. The van der Waals surface area contributed by atoms with E-state index in [1.807, 2.05) is 43.3 Å². The zero-order chi connectivity index (χ0) is 12.7. The Morgan fingerprint density at radius 3 is 2.78 bits per heavy atom. The fourth-order valence-corrected chi connectivity index (χ4v) is 2.56. The van der Waals surface area contributed by atoms with Gasteiger partial charge in [0.2, 0.25) is 5.89 Å². The van der Waals surface area contributed by atoms with Gasteiger partial charge in [0.15, 0.2) is 5.58 Å². The second kappa shape index (κ2) is 4.41. The molecule has 0 aliphatic rings. The van der Waals surface area contributed by atoms with E-state index in [0.717, 1.165) is 26.7 Å². The minimum atomic E-state index is 0.549. The van der Waals surface area contributed by atoms with Crippen LogP contribution in [0, 0.1) is 6.92 Å². The largest absolute Gasteiger partial charge is 0.436 e. The van der Waals surface area contributed by atoms with Gasteiger partial charge in [0, 0.05) is 4.47 Å². The lowest BCUT2D eigenvalue weighted by Crippen LogP contribution is -1.79. The Morgan fingerprint density at radius 1 is 1.17 bits per heavy atom. The predicted molar refractivity (Wildman–Crippen MR) is 76.9 cm³/mol. The van der Waals surface area contributed by atoms with Gasteiger partial charge < -0.3 is 4.42 Å². The number of halogens is 2. The molecular formula is C14H9BrClNO. The van der Waals surface area contributed by atoms with Gasteiger partial charge in [-0.05, 0) is 42.8 Å². The van der Waals surface area contributed by atoms with Gasteiger partial charge in [0.1, 0.15) is 5.52 Å². The molecule has 1 aromatic heterocycles. The molecule has 3 aromatic rings. The van der Waals surface area contributed by atoms with E-state index >= 15 is 0 Å². The molecule has 0 bridgehead atoms. The van der Waals surface area contributed by atoms with Gasteiger partial charge in [-0.1, -0.05) is 33.6 Å². The zero-order valence-electron chi connectivity index (χ0n) is 9.58. The number of benzene rings is 2. The normalized spacial score (nSPS) is 11.1. The lowest BCUT2D eigenvalue weighted by Gasteiger charge is -1.99. The summed E-state index contributed by atoms with van der Waals surface area (Å²) in [6.07, 6.45) is 0. The lowest BCUT2D eigenvalue weighted by molar-refractivity contribution is 0.619. The minimum Gasteiger partial charge on any atom is -0.436 e. The van der Waals surface area contributed by atoms with Gasteiger partial charge in [-0.3, -0.25) is 0 Å². The van der Waals surface area contributed by atoms with Crippen LogP contribution in [0.3, 0.4) is 0 Å². The summed E-state index contributed by atoms with van der Waals surface area (Å²) in [6.45, 7) is 2.02. The summed E-state index contributed by atoms with van der Waals surface area (Å²) in [4.78, 5) is 4.45. The fraction of sp³-hybridized carbons (Fsp3) is 0.0714. The summed E-state index contributed by atoms with van der Waals surface area (Å²) < 4.78 is 6.68. The molecule has 0 unspecified atom stereocenters. The highest BCUT2D eigenvalue weighted by atomic mass is 79.9. The maximum Gasteiger partial charge on any atom is 0.228 e. The van der Waals surface area contributed by atoms with Gasteiger partial charge in [-0.25, -0.2) is 4.98 Å². The van der Waals surface area contributed by atoms with Crippen LogP contribution in [0.2, 0.25) is 5.02 Å². The Labute approximate surface area is 118 Å². The molecule has 2 aromatic carbocycles. The molecule has 2 nitrogen and oxygen atoms in total. The Hall–Kier alpha value is -1.32. The van der Waals surface area contributed by atoms with Gasteiger partial charge >= 0.3 is 0 Å². The molecule has 0 saturated heterocycles. The lowest BCUT2D eigenvalue weighted by atomic mass is 10.2. The highest BCUT2D eigenvalue weighted by Gasteiger charge is 2.11. The second-order valence-corrected chi connectivity index (χ2v) is 5.44. The SMILES string of the molecule is Cc1ccc2nc(-c3ccc(Br)cc3Cl)oc2c1. The Bertz CT molecular complexity index is 736. The van der Waals surface area contributed by atoms with Gasteiger partial charge in [-0.2, -0.15) is 0 Å². The topological polar surface area (TPSA) is 26.0 Å². The summed E-state index contributed by atoms with van der Waals surface area (Å²) in [5.41, 5.74) is 3.57. The molecule has 4 heteroatoms. The van der Waals surface area contributed by atoms with Crippen molar-refractivity contribution >= 4 is 38.6 Å². The van der Waals surface area contributed by atoms with Crippen molar-refractivity contribution in [1.82, 2.24) is 4.98 Å². The average Bonchev–Trinajstić information content (AvgIpc) is 2.71. The van der Waals surface area contributed by atoms with Crippen LogP contribution >= 0.6 is 27.5 Å². The van der Waals surface area contributed by atoms with Gasteiger partial charge in [0.25, 0.3) is 0 Å². The molecule has 0 aliphatic heterocycles. The van der Waals surface area contributed by atoms with Gasteiger partial charge in [-0.15, -0.1) is 0 Å². The third kappa shape index (κ3) is 2.04. The van der Waals surface area contributed by atoms with Crippen LogP contribution in [0.4, 0.5) is 0 Å². The number of nitrogens with zero attached hydrogens (tertiary/aromatic N) is 1. The van der Waals surface area contributed by atoms with E-state index in [0.29, 0.717) is 10.9 Å². The zero-order valence-corrected chi connectivity index (χ0v) is 11.9. The molecule has 0 atom stereocenters. The maximum absolute atomic E-state index is 6.19. The molecule has 0 N–H and O–H groups in total. The standard InChI is InChI=1S/C14H9BrClNO/c1-8-2-5-12-13(6-8)18-14(17-12)10-4-3-9(15)7-11(10)16/h2-7H,1H3. The number of hydrogen-bond donors (Lipinski definition) is 0. The molecule has 0 spiro atoms. The molecule has 0 saturated carbocycles. The molecule has 90 valence electrons. The summed E-state index contributed by atoms with van der Waals surface area (Å²) in [7, 11) is 0. The van der Waals surface area contributed by atoms with E-state index in [4.69, 9.17) is 16.0 Å². The monoisotopic (exact) mass is 321 g/mol. The summed E-state index contributed by atoms with van der Waals surface area (Å²) in [6, 6.07) is 11.6. The molecule has 3 rings (SSSR count). The van der Waals surface area contributed by atoms with Crippen molar-refractivity contribution in [3.63, 3.8) is 0 Å². The number of rotatable bonds is 1. The molecule has 18 heavy (non-hydrogen) atoms. The first-order chi connectivity index (χ1) is 8.63.